The van der Waals surface area contributed by atoms with Gasteiger partial charge in [-0.2, -0.15) is 0 Å². The number of nitrogens with two attached hydrogens (primary N) is 1. The first-order valence-corrected chi connectivity index (χ1v) is 5.90. The molecule has 0 spiro atoms. The first kappa shape index (κ1) is 12.1. The minimum Gasteiger partial charge on any atom is -0.454 e. The van der Waals surface area contributed by atoms with Crippen LogP contribution >= 0.6 is 15.9 Å². The Morgan fingerprint density at radius 3 is 2.65 bits per heavy atom. The van der Waals surface area contributed by atoms with Crippen molar-refractivity contribution in [3.8, 4) is 11.5 Å². The number of halogens is 2. The fourth-order valence-corrected chi connectivity index (χ4v) is 1.79. The maximum atomic E-state index is 13.6. The van der Waals surface area contributed by atoms with E-state index in [9.17, 15) is 4.39 Å². The minimum atomic E-state index is -0.409. The molecule has 4 heteroatoms. The molecular weight excluding hydrogens is 285 g/mol. The van der Waals surface area contributed by atoms with Crippen LogP contribution in [0.4, 0.5) is 4.39 Å². The van der Waals surface area contributed by atoms with Gasteiger partial charge < -0.3 is 10.5 Å². The van der Waals surface area contributed by atoms with Crippen molar-refractivity contribution in [2.75, 3.05) is 0 Å². The number of rotatable bonds is 3. The molecule has 0 fully saturated rings. The van der Waals surface area contributed by atoms with Crippen LogP contribution in [0.3, 0.4) is 0 Å². The van der Waals surface area contributed by atoms with Gasteiger partial charge in [-0.05, 0) is 35.9 Å². The van der Waals surface area contributed by atoms with Crippen LogP contribution in [0.1, 0.15) is 5.56 Å². The Balaban J connectivity index is 2.24. The van der Waals surface area contributed by atoms with Crippen molar-refractivity contribution in [1.29, 1.82) is 0 Å². The summed E-state index contributed by atoms with van der Waals surface area (Å²) in [7, 11) is 0. The fraction of sp³-hybridized carbons (Fsp3) is 0.0769. The van der Waals surface area contributed by atoms with Crippen LogP contribution in [-0.2, 0) is 6.54 Å². The highest BCUT2D eigenvalue weighted by Crippen LogP contribution is 2.26. The average Bonchev–Trinajstić information content (AvgIpc) is 2.32. The Bertz CT molecular complexity index is 531. The molecule has 0 saturated heterocycles. The van der Waals surface area contributed by atoms with E-state index in [4.69, 9.17) is 10.5 Å². The molecule has 0 atom stereocenters. The summed E-state index contributed by atoms with van der Waals surface area (Å²) in [5.74, 6) is 0.368. The van der Waals surface area contributed by atoms with Crippen molar-refractivity contribution in [2.45, 2.75) is 6.54 Å². The Morgan fingerprint density at radius 1 is 1.18 bits per heavy atom. The summed E-state index contributed by atoms with van der Waals surface area (Å²) in [4.78, 5) is 0. The van der Waals surface area contributed by atoms with Crippen molar-refractivity contribution in [1.82, 2.24) is 0 Å². The Hall–Kier alpha value is -1.39. The molecule has 0 aliphatic carbocycles. The topological polar surface area (TPSA) is 35.2 Å². The predicted molar refractivity (Wildman–Crippen MR) is 68.5 cm³/mol. The molecule has 88 valence electrons. The van der Waals surface area contributed by atoms with Gasteiger partial charge in [0.1, 0.15) is 5.75 Å². The minimum absolute atomic E-state index is 0.195. The first-order valence-electron chi connectivity index (χ1n) is 5.11. The van der Waals surface area contributed by atoms with Gasteiger partial charge in [-0.3, -0.25) is 0 Å². The largest absolute Gasteiger partial charge is 0.454 e. The summed E-state index contributed by atoms with van der Waals surface area (Å²) >= 11 is 3.33. The normalized spacial score (nSPS) is 10.3. The van der Waals surface area contributed by atoms with Crippen LogP contribution < -0.4 is 10.5 Å². The van der Waals surface area contributed by atoms with Crippen LogP contribution in [0.5, 0.6) is 11.5 Å². The average molecular weight is 296 g/mol. The summed E-state index contributed by atoms with van der Waals surface area (Å²) in [6.45, 7) is 0.314. The van der Waals surface area contributed by atoms with E-state index >= 15 is 0 Å². The van der Waals surface area contributed by atoms with E-state index in [1.165, 1.54) is 6.07 Å². The van der Waals surface area contributed by atoms with Crippen molar-refractivity contribution < 1.29 is 9.13 Å². The lowest BCUT2D eigenvalue weighted by Crippen LogP contribution is -1.97. The molecule has 2 aromatic carbocycles. The molecule has 0 saturated carbocycles. The van der Waals surface area contributed by atoms with Crippen LogP contribution in [-0.4, -0.2) is 0 Å². The van der Waals surface area contributed by atoms with Gasteiger partial charge in [0, 0.05) is 11.0 Å². The molecule has 2 nitrogen and oxygen atoms in total. The van der Waals surface area contributed by atoms with Gasteiger partial charge in [0.15, 0.2) is 11.6 Å². The van der Waals surface area contributed by atoms with Gasteiger partial charge in [0.05, 0.1) is 0 Å². The van der Waals surface area contributed by atoms with E-state index in [-0.39, 0.29) is 5.75 Å². The van der Waals surface area contributed by atoms with E-state index in [0.29, 0.717) is 12.3 Å². The van der Waals surface area contributed by atoms with Gasteiger partial charge in [0.2, 0.25) is 0 Å². The molecule has 0 aromatic heterocycles. The zero-order valence-corrected chi connectivity index (χ0v) is 10.6. The second-order valence-electron chi connectivity index (χ2n) is 3.53. The molecule has 17 heavy (non-hydrogen) atoms. The third-order valence-electron chi connectivity index (χ3n) is 2.26. The lowest BCUT2D eigenvalue weighted by Gasteiger charge is -2.08. The Morgan fingerprint density at radius 2 is 2.00 bits per heavy atom. The molecular formula is C13H11BrFNO. The summed E-state index contributed by atoms with van der Waals surface area (Å²) in [6.07, 6.45) is 0. The van der Waals surface area contributed by atoms with E-state index in [0.717, 1.165) is 10.0 Å². The van der Waals surface area contributed by atoms with Gasteiger partial charge in [-0.25, -0.2) is 4.39 Å². The van der Waals surface area contributed by atoms with Gasteiger partial charge in [0.25, 0.3) is 0 Å². The third kappa shape index (κ3) is 3.05. The maximum Gasteiger partial charge on any atom is 0.166 e. The number of hydrogen-bond acceptors (Lipinski definition) is 2. The van der Waals surface area contributed by atoms with E-state index in [2.05, 4.69) is 15.9 Å². The zero-order valence-electron chi connectivity index (χ0n) is 8.99. The van der Waals surface area contributed by atoms with Crippen LogP contribution in [0.2, 0.25) is 0 Å². The molecule has 0 aliphatic rings. The summed E-state index contributed by atoms with van der Waals surface area (Å²) in [5.41, 5.74) is 6.17. The van der Waals surface area contributed by atoms with E-state index < -0.39 is 5.82 Å². The van der Waals surface area contributed by atoms with E-state index in [1.807, 2.05) is 12.1 Å². The number of hydrogen-bond donors (Lipinski definition) is 1. The Kier molecular flexibility index (Phi) is 3.76. The van der Waals surface area contributed by atoms with Crippen LogP contribution in [0.25, 0.3) is 0 Å². The molecule has 2 aromatic rings. The van der Waals surface area contributed by atoms with Crippen molar-refractivity contribution in [3.63, 3.8) is 0 Å². The van der Waals surface area contributed by atoms with Gasteiger partial charge >= 0.3 is 0 Å². The highest BCUT2D eigenvalue weighted by atomic mass is 79.9. The molecule has 0 aliphatic heterocycles. The zero-order chi connectivity index (χ0) is 12.3. The number of benzene rings is 2. The molecule has 2 rings (SSSR count). The molecule has 2 N–H and O–H groups in total. The maximum absolute atomic E-state index is 13.6. The highest BCUT2D eigenvalue weighted by Gasteiger charge is 2.05. The standard InChI is InChI=1S/C13H11BrFNO/c14-10-2-1-3-11(7-10)17-13-5-4-9(8-16)6-12(13)15/h1-7H,8,16H2. The smallest absolute Gasteiger partial charge is 0.166 e. The van der Waals surface area contributed by atoms with Crippen LogP contribution in [0.15, 0.2) is 46.9 Å². The Labute approximate surface area is 107 Å². The van der Waals surface area contributed by atoms with Gasteiger partial charge in [-0.1, -0.05) is 28.1 Å². The third-order valence-corrected chi connectivity index (χ3v) is 2.75. The molecule has 0 heterocycles. The predicted octanol–water partition coefficient (Wildman–Crippen LogP) is 3.84. The van der Waals surface area contributed by atoms with Crippen molar-refractivity contribution >= 4 is 15.9 Å². The second-order valence-corrected chi connectivity index (χ2v) is 4.44. The quantitative estimate of drug-likeness (QED) is 0.934. The van der Waals surface area contributed by atoms with Crippen molar-refractivity contribution in [3.05, 3.63) is 58.3 Å². The van der Waals surface area contributed by atoms with E-state index in [1.54, 1.807) is 24.3 Å². The monoisotopic (exact) mass is 295 g/mol. The SMILES string of the molecule is NCc1ccc(Oc2cccc(Br)c2)c(F)c1. The van der Waals surface area contributed by atoms with Crippen LogP contribution in [0, 0.1) is 5.82 Å². The molecule has 0 bridgehead atoms. The molecule has 0 radical (unpaired) electrons. The first-order chi connectivity index (χ1) is 8.19. The highest BCUT2D eigenvalue weighted by molar-refractivity contribution is 9.10. The lowest BCUT2D eigenvalue weighted by atomic mass is 10.2. The second kappa shape index (κ2) is 5.29. The van der Waals surface area contributed by atoms with Crippen molar-refractivity contribution in [2.24, 2.45) is 5.73 Å². The van der Waals surface area contributed by atoms with Gasteiger partial charge in [-0.15, -0.1) is 0 Å². The summed E-state index contributed by atoms with van der Waals surface area (Å²) in [6, 6.07) is 12.0. The summed E-state index contributed by atoms with van der Waals surface area (Å²) in [5, 5.41) is 0. The molecule has 0 unspecified atom stereocenters. The lowest BCUT2D eigenvalue weighted by molar-refractivity contribution is 0.441. The number of ether oxygens (including phenoxy) is 1. The fourth-order valence-electron chi connectivity index (χ4n) is 1.41. The molecule has 0 amide bonds. The summed E-state index contributed by atoms with van der Waals surface area (Å²) < 4.78 is 20.0.